The summed E-state index contributed by atoms with van der Waals surface area (Å²) in [6.45, 7) is 1.88. The number of furan rings is 1. The molecule has 1 unspecified atom stereocenters. The van der Waals surface area contributed by atoms with Crippen molar-refractivity contribution in [1.29, 1.82) is 0 Å². The van der Waals surface area contributed by atoms with E-state index < -0.39 is 17.5 Å². The van der Waals surface area contributed by atoms with E-state index in [-0.39, 0.29) is 12.5 Å². The van der Waals surface area contributed by atoms with Crippen molar-refractivity contribution in [3.05, 3.63) is 52.5 Å². The minimum absolute atomic E-state index is 0.0252. The first-order valence-electron chi connectivity index (χ1n) is 9.80. The zero-order valence-corrected chi connectivity index (χ0v) is 16.8. The molecule has 1 aromatic carbocycles. The van der Waals surface area contributed by atoms with E-state index in [9.17, 15) is 14.4 Å². The smallest absolute Gasteiger partial charge is 0.322 e. The summed E-state index contributed by atoms with van der Waals surface area (Å²) in [5, 5.41) is 5.03. The van der Waals surface area contributed by atoms with Gasteiger partial charge in [0.2, 0.25) is 0 Å². The number of amides is 4. The zero-order valence-electron chi connectivity index (χ0n) is 16.8. The average molecular weight is 410 g/mol. The van der Waals surface area contributed by atoms with Crippen LogP contribution in [0, 0.1) is 0 Å². The average Bonchev–Trinajstić information content (AvgIpc) is 3.36. The van der Waals surface area contributed by atoms with Gasteiger partial charge in [-0.3, -0.25) is 14.9 Å². The maximum Gasteiger partial charge on any atom is 0.322 e. The number of hydrogen-bond acceptors (Lipinski definition) is 6. The topological polar surface area (TPSA) is 104 Å². The first-order chi connectivity index (χ1) is 14.4. The summed E-state index contributed by atoms with van der Waals surface area (Å²) < 4.78 is 11.3. The second-order valence-electron chi connectivity index (χ2n) is 8.04. The number of ether oxygens (including phenoxy) is 1. The first kappa shape index (κ1) is 18.7. The van der Waals surface area contributed by atoms with Crippen LogP contribution in [0.5, 0.6) is 5.75 Å². The summed E-state index contributed by atoms with van der Waals surface area (Å²) in [5.74, 6) is 1.03. The van der Waals surface area contributed by atoms with Gasteiger partial charge in [0, 0.05) is 37.2 Å². The highest BCUT2D eigenvalue weighted by Gasteiger charge is 2.53. The fraction of sp³-hybridized carbons (Fsp3) is 0.381. The number of fused-ring (bicyclic) bond motifs is 2. The number of imide groups is 1. The molecule has 1 aromatic heterocycles. The van der Waals surface area contributed by atoms with Gasteiger partial charge in [-0.15, -0.1) is 0 Å². The lowest BCUT2D eigenvalue weighted by atomic mass is 9.94. The molecule has 1 fully saturated rings. The van der Waals surface area contributed by atoms with Crippen LogP contribution in [0.25, 0.3) is 0 Å². The number of carbonyl (C=O) groups excluding carboxylic acids is 3. The van der Waals surface area contributed by atoms with E-state index in [1.165, 1.54) is 0 Å². The highest BCUT2D eigenvalue weighted by Crippen LogP contribution is 2.35. The molecular formula is C21H22N4O5. The van der Waals surface area contributed by atoms with E-state index in [2.05, 4.69) is 15.5 Å². The van der Waals surface area contributed by atoms with Crippen molar-refractivity contribution in [2.75, 3.05) is 27.2 Å². The lowest BCUT2D eigenvalue weighted by Crippen LogP contribution is -2.52. The highest BCUT2D eigenvalue weighted by molar-refractivity contribution is 6.08. The van der Waals surface area contributed by atoms with Crippen molar-refractivity contribution in [1.82, 2.24) is 20.4 Å². The van der Waals surface area contributed by atoms with E-state index in [1.54, 1.807) is 24.1 Å². The fourth-order valence-corrected chi connectivity index (χ4v) is 4.42. The van der Waals surface area contributed by atoms with E-state index in [4.69, 9.17) is 9.15 Å². The highest BCUT2D eigenvalue weighted by atomic mass is 16.5. The SMILES string of the molecule is COc1ccc2c(c1)C(=O)N(CC1(c3cc4c(o3)CCN(C)C4)NC(=O)NC1=O)C2. The molecule has 1 saturated heterocycles. The Labute approximate surface area is 172 Å². The van der Waals surface area contributed by atoms with Crippen molar-refractivity contribution in [2.45, 2.75) is 25.0 Å². The molecular weight excluding hydrogens is 388 g/mol. The van der Waals surface area contributed by atoms with E-state index in [0.717, 1.165) is 29.9 Å². The Kier molecular flexibility index (Phi) is 4.11. The van der Waals surface area contributed by atoms with E-state index >= 15 is 0 Å². The lowest BCUT2D eigenvalue weighted by Gasteiger charge is -2.29. The van der Waals surface area contributed by atoms with Crippen molar-refractivity contribution in [3.63, 3.8) is 0 Å². The predicted octanol–water partition coefficient (Wildman–Crippen LogP) is 0.967. The Balaban J connectivity index is 1.50. The Morgan fingerprint density at radius 1 is 1.17 bits per heavy atom. The molecule has 30 heavy (non-hydrogen) atoms. The van der Waals surface area contributed by atoms with E-state index in [0.29, 0.717) is 30.2 Å². The third kappa shape index (κ3) is 2.77. The summed E-state index contributed by atoms with van der Waals surface area (Å²) in [4.78, 5) is 41.8. The van der Waals surface area contributed by atoms with Gasteiger partial charge in [-0.05, 0) is 30.8 Å². The monoisotopic (exact) mass is 410 g/mol. The third-order valence-electron chi connectivity index (χ3n) is 6.04. The predicted molar refractivity (Wildman–Crippen MR) is 105 cm³/mol. The quantitative estimate of drug-likeness (QED) is 0.728. The summed E-state index contributed by atoms with van der Waals surface area (Å²) >= 11 is 0. The van der Waals surface area contributed by atoms with Gasteiger partial charge in [0.1, 0.15) is 17.3 Å². The molecule has 156 valence electrons. The number of nitrogens with zero attached hydrogens (tertiary/aromatic N) is 2. The van der Waals surface area contributed by atoms with Crippen molar-refractivity contribution < 1.29 is 23.5 Å². The van der Waals surface area contributed by atoms with Gasteiger partial charge in [-0.1, -0.05) is 6.07 Å². The molecule has 0 radical (unpaired) electrons. The third-order valence-corrected chi connectivity index (χ3v) is 6.04. The van der Waals surface area contributed by atoms with Crippen molar-refractivity contribution in [2.24, 2.45) is 0 Å². The zero-order chi connectivity index (χ0) is 21.0. The van der Waals surface area contributed by atoms with Crippen LogP contribution in [-0.2, 0) is 29.8 Å². The van der Waals surface area contributed by atoms with Crippen LogP contribution < -0.4 is 15.4 Å². The summed E-state index contributed by atoms with van der Waals surface area (Å²) in [5.41, 5.74) is 0.915. The molecule has 0 bridgehead atoms. The van der Waals surface area contributed by atoms with Gasteiger partial charge < -0.3 is 24.3 Å². The van der Waals surface area contributed by atoms with Gasteiger partial charge in [0.25, 0.3) is 11.8 Å². The second kappa shape index (κ2) is 6.60. The second-order valence-corrected chi connectivity index (χ2v) is 8.04. The first-order valence-corrected chi connectivity index (χ1v) is 9.80. The minimum Gasteiger partial charge on any atom is -0.497 e. The summed E-state index contributed by atoms with van der Waals surface area (Å²) in [6, 6.07) is 6.56. The van der Waals surface area contributed by atoms with Crippen LogP contribution in [-0.4, -0.2) is 54.9 Å². The standard InChI is InChI=1S/C21H22N4O5/c1-24-6-5-16-13(9-24)7-17(30-16)21(19(27)22-20(28)23-21)11-25-10-12-3-4-14(29-2)8-15(12)18(25)26/h3-4,7-8H,5-6,9-11H2,1-2H3,(H2,22,23,27,28). The molecule has 0 aliphatic carbocycles. The molecule has 4 heterocycles. The van der Waals surface area contributed by atoms with Crippen LogP contribution in [0.4, 0.5) is 4.79 Å². The normalized spacial score (nSPS) is 23.3. The molecule has 0 spiro atoms. The largest absolute Gasteiger partial charge is 0.497 e. The van der Waals surface area contributed by atoms with Gasteiger partial charge in [0.05, 0.1) is 13.7 Å². The molecule has 9 nitrogen and oxygen atoms in total. The van der Waals surface area contributed by atoms with Gasteiger partial charge in [-0.25, -0.2) is 4.79 Å². The Hall–Kier alpha value is -3.33. The Morgan fingerprint density at radius 3 is 2.73 bits per heavy atom. The summed E-state index contributed by atoms with van der Waals surface area (Å²) in [6.07, 6.45) is 0.728. The lowest BCUT2D eigenvalue weighted by molar-refractivity contribution is -0.125. The number of hydrogen-bond donors (Lipinski definition) is 2. The van der Waals surface area contributed by atoms with Gasteiger partial charge in [0.15, 0.2) is 5.54 Å². The van der Waals surface area contributed by atoms with Crippen LogP contribution in [0.1, 0.15) is 33.0 Å². The Morgan fingerprint density at radius 2 is 2.00 bits per heavy atom. The molecule has 3 aliphatic rings. The molecule has 2 N–H and O–H groups in total. The van der Waals surface area contributed by atoms with Crippen LogP contribution in [0.2, 0.25) is 0 Å². The molecule has 1 atom stereocenters. The number of carbonyl (C=O) groups is 3. The number of likely N-dealkylation sites (N-methyl/N-ethyl adjacent to an activating group) is 1. The van der Waals surface area contributed by atoms with Gasteiger partial charge in [-0.2, -0.15) is 0 Å². The molecule has 0 saturated carbocycles. The van der Waals surface area contributed by atoms with Crippen LogP contribution >= 0.6 is 0 Å². The molecule has 5 rings (SSSR count). The Bertz CT molecular complexity index is 1080. The maximum atomic E-state index is 13.0. The van der Waals surface area contributed by atoms with E-state index in [1.807, 2.05) is 19.2 Å². The number of benzene rings is 1. The minimum atomic E-state index is -1.46. The molecule has 2 aromatic rings. The fourth-order valence-electron chi connectivity index (χ4n) is 4.42. The summed E-state index contributed by atoms with van der Waals surface area (Å²) in [7, 11) is 3.56. The number of methoxy groups -OCH3 is 1. The van der Waals surface area contributed by atoms with Crippen LogP contribution in [0.15, 0.2) is 28.7 Å². The molecule has 4 amide bonds. The van der Waals surface area contributed by atoms with Crippen LogP contribution in [0.3, 0.4) is 0 Å². The molecule has 9 heteroatoms. The maximum absolute atomic E-state index is 13.0. The van der Waals surface area contributed by atoms with Crippen molar-refractivity contribution in [3.8, 4) is 5.75 Å². The van der Waals surface area contributed by atoms with Gasteiger partial charge >= 0.3 is 6.03 Å². The number of urea groups is 1. The molecule has 3 aliphatic heterocycles. The number of rotatable bonds is 4. The number of nitrogens with one attached hydrogen (secondary N) is 2. The van der Waals surface area contributed by atoms with Crippen molar-refractivity contribution >= 4 is 17.8 Å².